The molecule has 0 radical (unpaired) electrons. The molecule has 0 N–H and O–H groups in total. The third-order valence-corrected chi connectivity index (χ3v) is 5.04. The van der Waals surface area contributed by atoms with Gasteiger partial charge in [-0.05, 0) is 46.9 Å². The van der Waals surface area contributed by atoms with Gasteiger partial charge in [-0.1, -0.05) is 19.3 Å². The number of aromatic nitrogens is 2. The molecule has 24 heavy (non-hydrogen) atoms. The second kappa shape index (κ2) is 8.47. The molecule has 1 aliphatic carbocycles. The standard InChI is InChI=1S/C19H32N4O/c1-15-18(16(2)22(5)20-15)11-12-19(24)23(14-13-21(3)4)17-9-7-6-8-10-17/h11-12,17H,6-10,13-14H2,1-5H3/b12-11+. The minimum atomic E-state index is 0.131. The molecule has 0 atom stereocenters. The van der Waals surface area contributed by atoms with Gasteiger partial charge in [0, 0.05) is 43.5 Å². The minimum absolute atomic E-state index is 0.131. The van der Waals surface area contributed by atoms with Crippen molar-refractivity contribution in [1.82, 2.24) is 19.6 Å². The van der Waals surface area contributed by atoms with Gasteiger partial charge in [-0.2, -0.15) is 5.10 Å². The quantitative estimate of drug-likeness (QED) is 0.752. The Morgan fingerprint density at radius 2 is 1.88 bits per heavy atom. The molecule has 1 fully saturated rings. The van der Waals surface area contributed by atoms with Crippen LogP contribution in [0.2, 0.25) is 0 Å². The van der Waals surface area contributed by atoms with Crippen LogP contribution in [0.25, 0.3) is 6.08 Å². The number of nitrogens with zero attached hydrogens (tertiary/aromatic N) is 4. The second-order valence-electron chi connectivity index (χ2n) is 7.17. The fraction of sp³-hybridized carbons (Fsp3) is 0.684. The summed E-state index contributed by atoms with van der Waals surface area (Å²) >= 11 is 0. The van der Waals surface area contributed by atoms with Gasteiger partial charge < -0.3 is 9.80 Å². The molecule has 5 heteroatoms. The van der Waals surface area contributed by atoms with E-state index >= 15 is 0 Å². The lowest BCUT2D eigenvalue weighted by atomic mass is 9.94. The molecule has 1 amide bonds. The number of carbonyl (C=O) groups excluding carboxylic acids is 1. The number of amides is 1. The predicted octanol–water partition coefficient (Wildman–Crippen LogP) is 2.77. The van der Waals surface area contributed by atoms with Crippen LogP contribution in [0.4, 0.5) is 0 Å². The maximum absolute atomic E-state index is 12.9. The molecule has 2 rings (SSSR count). The fourth-order valence-electron chi connectivity index (χ4n) is 3.45. The first-order valence-corrected chi connectivity index (χ1v) is 9.03. The maximum Gasteiger partial charge on any atom is 0.246 e. The summed E-state index contributed by atoms with van der Waals surface area (Å²) < 4.78 is 1.87. The third-order valence-electron chi connectivity index (χ3n) is 5.04. The van der Waals surface area contributed by atoms with Gasteiger partial charge in [0.15, 0.2) is 0 Å². The summed E-state index contributed by atoms with van der Waals surface area (Å²) in [7, 11) is 6.05. The highest BCUT2D eigenvalue weighted by Crippen LogP contribution is 2.23. The van der Waals surface area contributed by atoms with Gasteiger partial charge in [-0.25, -0.2) is 0 Å². The maximum atomic E-state index is 12.9. The molecule has 1 aliphatic rings. The number of hydrogen-bond acceptors (Lipinski definition) is 3. The average Bonchev–Trinajstić information content (AvgIpc) is 2.79. The van der Waals surface area contributed by atoms with E-state index in [1.807, 2.05) is 31.7 Å². The van der Waals surface area contributed by atoms with E-state index in [1.54, 1.807) is 6.08 Å². The van der Waals surface area contributed by atoms with Crippen LogP contribution >= 0.6 is 0 Å². The van der Waals surface area contributed by atoms with Crippen molar-refractivity contribution < 1.29 is 4.79 Å². The Bertz CT molecular complexity index is 582. The average molecular weight is 332 g/mol. The number of rotatable bonds is 6. The summed E-state index contributed by atoms with van der Waals surface area (Å²) in [6.45, 7) is 5.73. The minimum Gasteiger partial charge on any atom is -0.335 e. The third kappa shape index (κ3) is 4.69. The van der Waals surface area contributed by atoms with Crippen molar-refractivity contribution in [3.63, 3.8) is 0 Å². The molecule has 1 aromatic heterocycles. The van der Waals surface area contributed by atoms with Crippen molar-refractivity contribution in [3.05, 3.63) is 23.0 Å². The Kier molecular flexibility index (Phi) is 6.60. The number of likely N-dealkylation sites (N-methyl/N-ethyl adjacent to an activating group) is 1. The zero-order valence-electron chi connectivity index (χ0n) is 15.9. The van der Waals surface area contributed by atoms with Crippen LogP contribution in [0, 0.1) is 13.8 Å². The first kappa shape index (κ1) is 18.7. The first-order chi connectivity index (χ1) is 11.4. The van der Waals surface area contributed by atoms with E-state index in [4.69, 9.17) is 0 Å². The Morgan fingerprint density at radius 3 is 2.42 bits per heavy atom. The number of hydrogen-bond donors (Lipinski definition) is 0. The Balaban J connectivity index is 2.12. The van der Waals surface area contributed by atoms with Gasteiger partial charge in [0.05, 0.1) is 5.69 Å². The highest BCUT2D eigenvalue weighted by molar-refractivity contribution is 5.92. The van der Waals surface area contributed by atoms with Crippen molar-refractivity contribution in [3.8, 4) is 0 Å². The van der Waals surface area contributed by atoms with Crippen LogP contribution in [0.3, 0.4) is 0 Å². The zero-order valence-corrected chi connectivity index (χ0v) is 15.9. The highest BCUT2D eigenvalue weighted by atomic mass is 16.2. The van der Waals surface area contributed by atoms with Crippen LogP contribution in [0.5, 0.6) is 0 Å². The topological polar surface area (TPSA) is 41.4 Å². The van der Waals surface area contributed by atoms with Gasteiger partial charge in [0.1, 0.15) is 0 Å². The van der Waals surface area contributed by atoms with Crippen LogP contribution < -0.4 is 0 Å². The van der Waals surface area contributed by atoms with Gasteiger partial charge in [-0.3, -0.25) is 9.48 Å². The zero-order chi connectivity index (χ0) is 17.7. The summed E-state index contributed by atoms with van der Waals surface area (Å²) in [5.41, 5.74) is 3.12. The van der Waals surface area contributed by atoms with E-state index in [1.165, 1.54) is 19.3 Å². The molecular weight excluding hydrogens is 300 g/mol. The molecule has 1 aromatic rings. The van der Waals surface area contributed by atoms with Crippen molar-refractivity contribution in [1.29, 1.82) is 0 Å². The van der Waals surface area contributed by atoms with Crippen LogP contribution in [0.1, 0.15) is 49.1 Å². The van der Waals surface area contributed by atoms with Gasteiger partial charge in [0.2, 0.25) is 5.91 Å². The molecule has 0 unspecified atom stereocenters. The van der Waals surface area contributed by atoms with Crippen LogP contribution in [-0.4, -0.2) is 58.7 Å². The molecule has 1 heterocycles. The van der Waals surface area contributed by atoms with Crippen molar-refractivity contribution >= 4 is 12.0 Å². The van der Waals surface area contributed by atoms with Crippen molar-refractivity contribution in [2.75, 3.05) is 27.2 Å². The molecule has 134 valence electrons. The summed E-state index contributed by atoms with van der Waals surface area (Å²) in [6.07, 6.45) is 9.72. The lowest BCUT2D eigenvalue weighted by molar-refractivity contribution is -0.129. The normalized spacial score (nSPS) is 16.2. The monoisotopic (exact) mass is 332 g/mol. The van der Waals surface area contributed by atoms with Gasteiger partial charge >= 0.3 is 0 Å². The van der Waals surface area contributed by atoms with Crippen LogP contribution in [0.15, 0.2) is 6.08 Å². The second-order valence-corrected chi connectivity index (χ2v) is 7.17. The molecule has 0 saturated heterocycles. The van der Waals surface area contributed by atoms with Gasteiger partial charge in [0.25, 0.3) is 0 Å². The molecular formula is C19H32N4O. The number of aryl methyl sites for hydroxylation is 2. The van der Waals surface area contributed by atoms with E-state index in [0.717, 1.165) is 42.9 Å². The summed E-state index contributed by atoms with van der Waals surface area (Å²) in [6, 6.07) is 0.395. The molecule has 0 aliphatic heterocycles. The lowest BCUT2D eigenvalue weighted by Gasteiger charge is -2.34. The van der Waals surface area contributed by atoms with E-state index in [0.29, 0.717) is 6.04 Å². The smallest absolute Gasteiger partial charge is 0.246 e. The first-order valence-electron chi connectivity index (χ1n) is 9.03. The fourth-order valence-corrected chi connectivity index (χ4v) is 3.45. The van der Waals surface area contributed by atoms with Crippen molar-refractivity contribution in [2.24, 2.45) is 7.05 Å². The molecule has 0 aromatic carbocycles. The van der Waals surface area contributed by atoms with E-state index in [-0.39, 0.29) is 5.91 Å². The summed E-state index contributed by atoms with van der Waals surface area (Å²) in [5, 5.41) is 4.42. The molecule has 0 spiro atoms. The largest absolute Gasteiger partial charge is 0.335 e. The molecule has 1 saturated carbocycles. The Labute approximate surface area is 146 Å². The van der Waals surface area contributed by atoms with E-state index < -0.39 is 0 Å². The van der Waals surface area contributed by atoms with Crippen molar-refractivity contribution in [2.45, 2.75) is 52.0 Å². The van der Waals surface area contributed by atoms with E-state index in [9.17, 15) is 4.79 Å². The number of carbonyl (C=O) groups is 1. The predicted molar refractivity (Wildman–Crippen MR) is 98.9 cm³/mol. The lowest BCUT2D eigenvalue weighted by Crippen LogP contribution is -2.44. The highest BCUT2D eigenvalue weighted by Gasteiger charge is 2.24. The summed E-state index contributed by atoms with van der Waals surface area (Å²) in [4.78, 5) is 17.1. The van der Waals surface area contributed by atoms with Gasteiger partial charge in [-0.15, -0.1) is 0 Å². The molecule has 5 nitrogen and oxygen atoms in total. The Hall–Kier alpha value is -1.62. The summed E-state index contributed by atoms with van der Waals surface area (Å²) in [5.74, 6) is 0.131. The Morgan fingerprint density at radius 1 is 1.21 bits per heavy atom. The van der Waals surface area contributed by atoms with E-state index in [2.05, 4.69) is 29.0 Å². The molecule has 0 bridgehead atoms. The SMILES string of the molecule is Cc1nn(C)c(C)c1/C=C/C(=O)N(CCN(C)C)C1CCCCC1. The van der Waals surface area contributed by atoms with Crippen LogP contribution in [-0.2, 0) is 11.8 Å².